The van der Waals surface area contributed by atoms with E-state index >= 15 is 0 Å². The Hall–Kier alpha value is -1.22. The number of rotatable bonds is 0. The molecule has 0 amide bonds. The number of halogens is 1. The van der Waals surface area contributed by atoms with Gasteiger partial charge in [0.05, 0.1) is 11.2 Å². The Balaban J connectivity index is 2.79. The average molecular weight is 169 g/mol. The van der Waals surface area contributed by atoms with Crippen LogP contribution in [-0.4, -0.2) is 14.9 Å². The van der Waals surface area contributed by atoms with Crippen molar-refractivity contribution in [3.63, 3.8) is 0 Å². The quantitative estimate of drug-likeness (QED) is 0.610. The van der Waals surface area contributed by atoms with Gasteiger partial charge in [-0.1, -0.05) is 11.6 Å². The lowest BCUT2D eigenvalue weighted by atomic mass is 10.3. The molecule has 0 bridgehead atoms. The molecule has 2 aliphatic heterocycles. The molecule has 11 heavy (non-hydrogen) atoms. The van der Waals surface area contributed by atoms with E-state index in [2.05, 4.69) is 4.98 Å². The van der Waals surface area contributed by atoms with Crippen molar-refractivity contribution in [2.45, 2.75) is 0 Å². The predicted octanol–water partition coefficient (Wildman–Crippen LogP) is 1.88. The van der Waals surface area contributed by atoms with Crippen molar-refractivity contribution >= 4 is 11.6 Å². The van der Waals surface area contributed by atoms with Gasteiger partial charge in [0.1, 0.15) is 0 Å². The first-order chi connectivity index (χ1) is 5.27. The summed E-state index contributed by atoms with van der Waals surface area (Å²) in [5.41, 5.74) is 0.833. The van der Waals surface area contributed by atoms with Gasteiger partial charge in [0.15, 0.2) is 5.82 Å². The van der Waals surface area contributed by atoms with E-state index in [1.807, 2.05) is 0 Å². The summed E-state index contributed by atoms with van der Waals surface area (Å²) in [5.74, 6) is 0.523. The van der Waals surface area contributed by atoms with Gasteiger partial charge in [-0.15, -0.1) is 0 Å². The fourth-order valence-corrected chi connectivity index (χ4v) is 1.22. The molecule has 0 radical (unpaired) electrons. The van der Waals surface area contributed by atoms with Crippen molar-refractivity contribution in [3.05, 3.63) is 29.5 Å². The van der Waals surface area contributed by atoms with Crippen LogP contribution in [0.5, 0.6) is 0 Å². The van der Waals surface area contributed by atoms with Gasteiger partial charge in [-0.25, -0.2) is 4.98 Å². The molecule has 0 spiro atoms. The summed E-state index contributed by atoms with van der Waals surface area (Å²) in [6.07, 6.45) is 3.02. The zero-order valence-electron chi connectivity index (χ0n) is 5.53. The monoisotopic (exact) mass is 168 g/mol. The molecule has 0 atom stereocenters. The lowest BCUT2D eigenvalue weighted by Crippen LogP contribution is -1.97. The highest BCUT2D eigenvalue weighted by atomic mass is 35.5. The van der Waals surface area contributed by atoms with E-state index in [0.29, 0.717) is 10.8 Å². The van der Waals surface area contributed by atoms with E-state index in [1.165, 1.54) is 6.20 Å². The van der Waals surface area contributed by atoms with Crippen LogP contribution >= 0.6 is 11.6 Å². The van der Waals surface area contributed by atoms with Crippen LogP contribution in [0.25, 0.3) is 11.4 Å². The average Bonchev–Trinajstić information content (AvgIpc) is 2.34. The lowest BCUT2D eigenvalue weighted by Gasteiger charge is -2.03. The van der Waals surface area contributed by atoms with Gasteiger partial charge < -0.3 is 5.21 Å². The van der Waals surface area contributed by atoms with Crippen molar-refractivity contribution in [2.24, 2.45) is 0 Å². The zero-order valence-corrected chi connectivity index (χ0v) is 6.28. The third-order valence-electron chi connectivity index (χ3n) is 1.47. The Morgan fingerprint density at radius 1 is 1.55 bits per heavy atom. The van der Waals surface area contributed by atoms with Crippen LogP contribution in [0, 0.1) is 0 Å². The maximum atomic E-state index is 9.21. The first-order valence-electron chi connectivity index (χ1n) is 3.09. The van der Waals surface area contributed by atoms with Crippen LogP contribution in [0.4, 0.5) is 0 Å². The summed E-state index contributed by atoms with van der Waals surface area (Å²) >= 11 is 5.67. The molecule has 0 unspecified atom stereocenters. The summed E-state index contributed by atoms with van der Waals surface area (Å²) in [6.45, 7) is 0. The smallest absolute Gasteiger partial charge is 0.175 e. The molecular formula is C7H5ClN2O. The van der Waals surface area contributed by atoms with Crippen LogP contribution in [0.3, 0.4) is 0 Å². The molecule has 56 valence electrons. The molecular weight excluding hydrogens is 164 g/mol. The van der Waals surface area contributed by atoms with Crippen molar-refractivity contribution < 1.29 is 5.21 Å². The Labute approximate surface area is 68.2 Å². The normalized spacial score (nSPS) is 10.6. The molecule has 0 fully saturated rings. The topological polar surface area (TPSA) is 38.0 Å². The summed E-state index contributed by atoms with van der Waals surface area (Å²) in [4.78, 5) is 3.91. The third kappa shape index (κ3) is 0.935. The van der Waals surface area contributed by atoms with E-state index in [9.17, 15) is 5.21 Å². The van der Waals surface area contributed by atoms with Crippen LogP contribution in [0.2, 0.25) is 5.02 Å². The molecule has 4 heteroatoms. The minimum Gasteiger partial charge on any atom is -0.427 e. The van der Waals surface area contributed by atoms with Gasteiger partial charge in [0.25, 0.3) is 0 Å². The van der Waals surface area contributed by atoms with Gasteiger partial charge in [-0.2, -0.15) is 4.73 Å². The van der Waals surface area contributed by atoms with Crippen molar-refractivity contribution in [1.29, 1.82) is 0 Å². The number of pyridine rings is 1. The first kappa shape index (κ1) is 6.49. The predicted molar refractivity (Wildman–Crippen MR) is 41.0 cm³/mol. The largest absolute Gasteiger partial charge is 0.427 e. The number of aromatic nitrogens is 2. The second kappa shape index (κ2) is 2.13. The zero-order chi connectivity index (χ0) is 7.84. The molecule has 2 rings (SSSR count). The molecule has 0 saturated carbocycles. The molecule has 0 aromatic heterocycles. The van der Waals surface area contributed by atoms with E-state index in [1.54, 1.807) is 18.3 Å². The van der Waals surface area contributed by atoms with Crippen LogP contribution < -0.4 is 0 Å². The van der Waals surface area contributed by atoms with E-state index < -0.39 is 0 Å². The van der Waals surface area contributed by atoms with Gasteiger partial charge in [0, 0.05) is 11.8 Å². The Morgan fingerprint density at radius 3 is 3.18 bits per heavy atom. The third-order valence-corrected chi connectivity index (χ3v) is 1.67. The second-order valence-electron chi connectivity index (χ2n) is 2.23. The molecule has 2 aliphatic rings. The minimum atomic E-state index is 0.494. The van der Waals surface area contributed by atoms with Crippen LogP contribution in [-0.2, 0) is 0 Å². The van der Waals surface area contributed by atoms with Crippen molar-refractivity contribution in [1.82, 2.24) is 9.71 Å². The molecule has 1 N–H and O–H groups in total. The Bertz CT molecular complexity index is 358. The number of hydrogen-bond acceptors (Lipinski definition) is 2. The van der Waals surface area contributed by atoms with E-state index in [0.717, 1.165) is 10.3 Å². The molecule has 0 aliphatic carbocycles. The molecule has 3 nitrogen and oxygen atoms in total. The Kier molecular flexibility index (Phi) is 1.26. The fourth-order valence-electron chi connectivity index (χ4n) is 1.01. The minimum absolute atomic E-state index is 0.494. The SMILES string of the molecule is On1cc(Cl)cc2ccnc1-2. The second-order valence-corrected chi connectivity index (χ2v) is 2.66. The number of fused-ring (bicyclic) bond motifs is 1. The molecule has 2 heterocycles. The maximum Gasteiger partial charge on any atom is 0.175 e. The molecule has 0 aromatic rings. The highest BCUT2D eigenvalue weighted by Gasteiger charge is 2.07. The van der Waals surface area contributed by atoms with Gasteiger partial charge in [-0.3, -0.25) is 0 Å². The summed E-state index contributed by atoms with van der Waals surface area (Å²) in [7, 11) is 0. The van der Waals surface area contributed by atoms with Crippen molar-refractivity contribution in [2.75, 3.05) is 0 Å². The highest BCUT2D eigenvalue weighted by Crippen LogP contribution is 2.22. The van der Waals surface area contributed by atoms with Crippen LogP contribution in [0.15, 0.2) is 24.5 Å². The van der Waals surface area contributed by atoms with E-state index in [4.69, 9.17) is 11.6 Å². The lowest BCUT2D eigenvalue weighted by molar-refractivity contribution is 0.187. The van der Waals surface area contributed by atoms with Gasteiger partial charge >= 0.3 is 0 Å². The maximum absolute atomic E-state index is 9.21. The number of hydrogen-bond donors (Lipinski definition) is 1. The Morgan fingerprint density at radius 2 is 2.36 bits per heavy atom. The van der Waals surface area contributed by atoms with Gasteiger partial charge in [0.2, 0.25) is 0 Å². The van der Waals surface area contributed by atoms with E-state index in [-0.39, 0.29) is 0 Å². The van der Waals surface area contributed by atoms with Gasteiger partial charge in [-0.05, 0) is 12.1 Å². The first-order valence-corrected chi connectivity index (χ1v) is 3.47. The number of nitrogens with zero attached hydrogens (tertiary/aromatic N) is 2. The molecule has 0 saturated heterocycles. The molecule has 0 aromatic carbocycles. The fraction of sp³-hybridized carbons (Fsp3) is 0. The van der Waals surface area contributed by atoms with Crippen molar-refractivity contribution in [3.8, 4) is 11.4 Å². The summed E-state index contributed by atoms with van der Waals surface area (Å²) in [6, 6.07) is 3.53. The summed E-state index contributed by atoms with van der Waals surface area (Å²) in [5, 5.41) is 9.70. The standard InChI is InChI=1S/C7H5ClN2O/c8-6-3-5-1-2-9-7(5)10(11)4-6/h1-4,11H. The highest BCUT2D eigenvalue weighted by molar-refractivity contribution is 6.30. The van der Waals surface area contributed by atoms with Crippen LogP contribution in [0.1, 0.15) is 0 Å². The summed E-state index contributed by atoms with van der Waals surface area (Å²) < 4.78 is 0.914.